The predicted molar refractivity (Wildman–Crippen MR) is 136 cm³/mol. The van der Waals surface area contributed by atoms with Gasteiger partial charge in [0, 0.05) is 49.6 Å². The fourth-order valence-corrected chi connectivity index (χ4v) is 5.07. The van der Waals surface area contributed by atoms with Gasteiger partial charge in [-0.05, 0) is 43.5 Å². The number of Topliss-reactive ketones (excluding diaryl/α,β-unsaturated/α-hetero) is 1. The number of rotatable bonds is 8. The number of aromatic nitrogens is 1. The van der Waals surface area contributed by atoms with E-state index < -0.39 is 34.4 Å². The lowest BCUT2D eigenvalue weighted by molar-refractivity contribution is -0.384. The van der Waals surface area contributed by atoms with Crippen LogP contribution >= 0.6 is 0 Å². The molecule has 2 aliphatic rings. The van der Waals surface area contributed by atoms with Gasteiger partial charge in [0.25, 0.3) is 17.4 Å². The van der Waals surface area contributed by atoms with Crippen LogP contribution in [-0.2, 0) is 19.1 Å². The Hall–Kier alpha value is -4.03. The second-order valence-corrected chi connectivity index (χ2v) is 9.27. The van der Waals surface area contributed by atoms with Crippen molar-refractivity contribution in [1.82, 2.24) is 14.8 Å². The molecule has 202 valence electrons. The monoisotopic (exact) mass is 526 g/mol. The lowest BCUT2D eigenvalue weighted by Gasteiger charge is -2.29. The normalized spacial score (nSPS) is 19.7. The molecular formula is C26H30N4O8. The third-order valence-electron chi connectivity index (χ3n) is 7.00. The summed E-state index contributed by atoms with van der Waals surface area (Å²) in [7, 11) is 1.23. The summed E-state index contributed by atoms with van der Waals surface area (Å²) in [6.45, 7) is 6.99. The van der Waals surface area contributed by atoms with E-state index in [1.54, 1.807) is 13.8 Å². The number of morpholine rings is 1. The molecule has 0 aliphatic carbocycles. The number of benzene rings is 1. The number of hydrogen-bond donors (Lipinski definition) is 2. The van der Waals surface area contributed by atoms with Gasteiger partial charge in [0.15, 0.2) is 0 Å². The molecule has 38 heavy (non-hydrogen) atoms. The summed E-state index contributed by atoms with van der Waals surface area (Å²) in [5, 5.41) is 22.6. The average Bonchev–Trinajstić information content (AvgIpc) is 3.35. The summed E-state index contributed by atoms with van der Waals surface area (Å²) in [6, 6.07) is 4.59. The van der Waals surface area contributed by atoms with Gasteiger partial charge in [-0.2, -0.15) is 0 Å². The highest BCUT2D eigenvalue weighted by molar-refractivity contribution is 6.46. The number of aromatic amines is 1. The Kier molecular flexibility index (Phi) is 7.93. The van der Waals surface area contributed by atoms with Gasteiger partial charge in [-0.25, -0.2) is 4.79 Å². The lowest BCUT2D eigenvalue weighted by atomic mass is 9.94. The van der Waals surface area contributed by atoms with Crippen molar-refractivity contribution < 1.29 is 33.9 Å². The van der Waals surface area contributed by atoms with E-state index in [4.69, 9.17) is 9.47 Å². The molecule has 2 N–H and O–H groups in total. The van der Waals surface area contributed by atoms with Gasteiger partial charge in [-0.15, -0.1) is 0 Å². The highest BCUT2D eigenvalue weighted by atomic mass is 16.6. The van der Waals surface area contributed by atoms with Gasteiger partial charge in [0.2, 0.25) is 0 Å². The van der Waals surface area contributed by atoms with Gasteiger partial charge in [-0.1, -0.05) is 0 Å². The summed E-state index contributed by atoms with van der Waals surface area (Å²) >= 11 is 0. The third-order valence-corrected chi connectivity index (χ3v) is 7.00. The number of ketones is 1. The van der Waals surface area contributed by atoms with Gasteiger partial charge in [0.1, 0.15) is 11.5 Å². The summed E-state index contributed by atoms with van der Waals surface area (Å²) in [5.41, 5.74) is 1.30. The highest BCUT2D eigenvalue weighted by Crippen LogP contribution is 2.41. The molecule has 0 radical (unpaired) electrons. The van der Waals surface area contributed by atoms with E-state index in [9.17, 15) is 29.6 Å². The number of aliphatic hydroxyl groups excluding tert-OH is 1. The van der Waals surface area contributed by atoms with Crippen LogP contribution in [0.1, 0.15) is 45.3 Å². The van der Waals surface area contributed by atoms with E-state index in [2.05, 4.69) is 9.88 Å². The van der Waals surface area contributed by atoms with E-state index in [1.165, 1.54) is 36.3 Å². The van der Waals surface area contributed by atoms with Crippen molar-refractivity contribution in [2.24, 2.45) is 0 Å². The number of nitro benzene ring substituents is 1. The first-order chi connectivity index (χ1) is 18.1. The molecule has 1 aromatic carbocycles. The zero-order chi connectivity index (χ0) is 27.6. The van der Waals surface area contributed by atoms with E-state index >= 15 is 0 Å². The molecule has 12 heteroatoms. The number of nitrogens with zero attached hydrogens (tertiary/aromatic N) is 3. The third kappa shape index (κ3) is 5.04. The molecule has 1 amide bonds. The second-order valence-electron chi connectivity index (χ2n) is 9.27. The number of hydrogen-bond acceptors (Lipinski definition) is 9. The van der Waals surface area contributed by atoms with Gasteiger partial charge < -0.3 is 24.5 Å². The number of H-pyrrole nitrogens is 1. The Bertz CT molecular complexity index is 1290. The zero-order valence-corrected chi connectivity index (χ0v) is 21.5. The first-order valence-corrected chi connectivity index (χ1v) is 12.3. The molecule has 2 aliphatic heterocycles. The van der Waals surface area contributed by atoms with Crippen LogP contribution in [0.2, 0.25) is 0 Å². The number of amides is 1. The van der Waals surface area contributed by atoms with Crippen molar-refractivity contribution in [3.05, 3.63) is 68.0 Å². The minimum absolute atomic E-state index is 0.123. The molecule has 2 aromatic rings. The van der Waals surface area contributed by atoms with Crippen LogP contribution in [0, 0.1) is 24.0 Å². The molecule has 12 nitrogen and oxygen atoms in total. The standard InChI is InChI=1S/C26H30N4O8/c1-15-19(16(2)27-21(15)26(34)37-3)23(31)20-22(17-5-7-18(8-6-17)30(35)36)29(25(33)24(20)32)10-4-9-28-11-13-38-14-12-28/h5-8,22,27,31H,4,9-14H2,1-3H3/t22-/m1/s1. The molecular weight excluding hydrogens is 496 g/mol. The van der Waals surface area contributed by atoms with E-state index in [0.717, 1.165) is 13.1 Å². The maximum Gasteiger partial charge on any atom is 0.354 e. The first-order valence-electron chi connectivity index (χ1n) is 12.3. The van der Waals surface area contributed by atoms with Crippen LogP contribution in [0.25, 0.3) is 5.76 Å². The van der Waals surface area contributed by atoms with Crippen molar-refractivity contribution in [2.75, 3.05) is 46.5 Å². The molecule has 1 atom stereocenters. The Balaban J connectivity index is 1.76. The van der Waals surface area contributed by atoms with E-state index in [-0.39, 0.29) is 29.1 Å². The number of nitrogens with one attached hydrogen (secondary N) is 1. The molecule has 0 unspecified atom stereocenters. The summed E-state index contributed by atoms with van der Waals surface area (Å²) < 4.78 is 10.2. The molecule has 0 saturated carbocycles. The summed E-state index contributed by atoms with van der Waals surface area (Å²) in [4.78, 5) is 55.9. The maximum absolute atomic E-state index is 13.3. The number of methoxy groups -OCH3 is 1. The fraction of sp³-hybridized carbons (Fsp3) is 0.423. The minimum Gasteiger partial charge on any atom is -0.507 e. The van der Waals surface area contributed by atoms with E-state index in [1.807, 2.05) is 0 Å². The lowest BCUT2D eigenvalue weighted by Crippen LogP contribution is -2.38. The number of carbonyl (C=O) groups is 3. The molecule has 3 heterocycles. The van der Waals surface area contributed by atoms with Crippen LogP contribution < -0.4 is 0 Å². The number of aryl methyl sites for hydroxylation is 1. The second kappa shape index (κ2) is 11.2. The number of aliphatic hydroxyl groups is 1. The Labute approximate surface area is 219 Å². The van der Waals surface area contributed by atoms with Crippen molar-refractivity contribution in [3.8, 4) is 0 Å². The molecule has 2 fully saturated rings. The fourth-order valence-electron chi connectivity index (χ4n) is 5.07. The molecule has 1 aromatic heterocycles. The van der Waals surface area contributed by atoms with E-state index in [0.29, 0.717) is 43.0 Å². The molecule has 0 spiro atoms. The first kappa shape index (κ1) is 27.0. The van der Waals surface area contributed by atoms with Crippen LogP contribution in [0.4, 0.5) is 5.69 Å². The SMILES string of the molecule is COC(=O)c1[nH]c(C)c(C(O)=C2C(=O)C(=O)N(CCCN3CCOCC3)[C@@H]2c2ccc([N+](=O)[O-])cc2)c1C. The number of ether oxygens (including phenoxy) is 2. The summed E-state index contributed by atoms with van der Waals surface area (Å²) in [6.07, 6.45) is 0.575. The smallest absolute Gasteiger partial charge is 0.354 e. The van der Waals surface area contributed by atoms with Crippen LogP contribution in [0.15, 0.2) is 29.8 Å². The van der Waals surface area contributed by atoms with Gasteiger partial charge in [-0.3, -0.25) is 24.6 Å². The molecule has 4 rings (SSSR count). The molecule has 0 bridgehead atoms. The zero-order valence-electron chi connectivity index (χ0n) is 21.5. The maximum atomic E-state index is 13.3. The summed E-state index contributed by atoms with van der Waals surface area (Å²) in [5.74, 6) is -2.70. The number of carbonyl (C=O) groups excluding carboxylic acids is 3. The van der Waals surface area contributed by atoms with Gasteiger partial charge in [0.05, 0.1) is 36.9 Å². The Morgan fingerprint density at radius 1 is 1.18 bits per heavy atom. The van der Waals surface area contributed by atoms with Crippen LogP contribution in [0.5, 0.6) is 0 Å². The van der Waals surface area contributed by atoms with Crippen LogP contribution in [0.3, 0.4) is 0 Å². The van der Waals surface area contributed by atoms with Crippen molar-refractivity contribution >= 4 is 29.1 Å². The predicted octanol–water partition coefficient (Wildman–Crippen LogP) is 2.47. The number of non-ortho nitro benzene ring substituents is 1. The Morgan fingerprint density at radius 2 is 1.84 bits per heavy atom. The minimum atomic E-state index is -0.962. The topological polar surface area (TPSA) is 155 Å². The van der Waals surface area contributed by atoms with Crippen molar-refractivity contribution in [3.63, 3.8) is 0 Å². The average molecular weight is 527 g/mol. The van der Waals surface area contributed by atoms with Crippen molar-refractivity contribution in [1.29, 1.82) is 0 Å². The Morgan fingerprint density at radius 3 is 2.45 bits per heavy atom. The number of likely N-dealkylation sites (tertiary alicyclic amines) is 1. The number of esters is 1. The number of nitro groups is 1. The largest absolute Gasteiger partial charge is 0.507 e. The molecule has 2 saturated heterocycles. The van der Waals surface area contributed by atoms with Crippen LogP contribution in [-0.4, -0.2) is 89.0 Å². The van der Waals surface area contributed by atoms with Gasteiger partial charge >= 0.3 is 5.97 Å². The quantitative estimate of drug-likeness (QED) is 0.132. The highest BCUT2D eigenvalue weighted by Gasteiger charge is 2.46. The van der Waals surface area contributed by atoms with Crippen molar-refractivity contribution in [2.45, 2.75) is 26.3 Å².